The van der Waals surface area contributed by atoms with Crippen molar-refractivity contribution in [2.24, 2.45) is 5.14 Å². The van der Waals surface area contributed by atoms with Crippen LogP contribution in [0.25, 0.3) is 0 Å². The number of carbonyl (C=O) groups excluding carboxylic acids is 1. The molecule has 0 unspecified atom stereocenters. The number of amides is 1. The molecular weight excluding hydrogens is 396 g/mol. The van der Waals surface area contributed by atoms with Gasteiger partial charge < -0.3 is 10.4 Å². The zero-order valence-corrected chi connectivity index (χ0v) is 15.9. The molecule has 0 aliphatic heterocycles. The van der Waals surface area contributed by atoms with E-state index in [0.717, 1.165) is 0 Å². The molecule has 0 aliphatic rings. The molecule has 0 radical (unpaired) electrons. The van der Waals surface area contributed by atoms with Crippen LogP contribution >= 0.6 is 21.6 Å². The summed E-state index contributed by atoms with van der Waals surface area (Å²) in [6.45, 7) is 0. The predicted octanol–water partition coefficient (Wildman–Crippen LogP) is 2.80. The Balaban J connectivity index is 2.06. The van der Waals surface area contributed by atoms with Crippen LogP contribution in [0, 0.1) is 0 Å². The standard InChI is InChI=1S/C16H16N2O5S3/c17-26(22,23)12-7-5-11(6-8-12)18-16(21)13-3-1-2-4-14(13)25-24-10-9-15(19)20/h1-8H,9-10H2,(H,18,21)(H,19,20)(H2,17,22,23). The number of carbonyl (C=O) groups is 2. The molecule has 2 aromatic rings. The monoisotopic (exact) mass is 412 g/mol. The lowest BCUT2D eigenvalue weighted by atomic mass is 10.2. The number of nitrogens with two attached hydrogens (primary N) is 1. The van der Waals surface area contributed by atoms with Crippen LogP contribution < -0.4 is 10.5 Å². The smallest absolute Gasteiger partial charge is 0.304 e. The van der Waals surface area contributed by atoms with Gasteiger partial charge in [0.2, 0.25) is 10.0 Å². The average Bonchev–Trinajstić information content (AvgIpc) is 2.58. The van der Waals surface area contributed by atoms with E-state index in [1.54, 1.807) is 24.3 Å². The number of aliphatic carboxylic acids is 1. The summed E-state index contributed by atoms with van der Waals surface area (Å²) in [4.78, 5) is 23.7. The minimum atomic E-state index is -3.79. The molecule has 0 fully saturated rings. The van der Waals surface area contributed by atoms with Gasteiger partial charge in [0, 0.05) is 16.3 Å². The molecule has 2 rings (SSSR count). The van der Waals surface area contributed by atoms with Gasteiger partial charge in [-0.25, -0.2) is 13.6 Å². The lowest BCUT2D eigenvalue weighted by molar-refractivity contribution is -0.136. The number of hydrogen-bond donors (Lipinski definition) is 3. The number of carboxylic acid groups (broad SMARTS) is 1. The van der Waals surface area contributed by atoms with Crippen LogP contribution in [0.1, 0.15) is 16.8 Å². The van der Waals surface area contributed by atoms with Crippen LogP contribution in [0.4, 0.5) is 5.69 Å². The summed E-state index contributed by atoms with van der Waals surface area (Å²) in [5.41, 5.74) is 0.872. The second-order valence-corrected chi connectivity index (χ2v) is 9.09. The first-order valence-electron chi connectivity index (χ1n) is 7.32. The van der Waals surface area contributed by atoms with E-state index < -0.39 is 16.0 Å². The van der Waals surface area contributed by atoms with Crippen LogP contribution in [0.2, 0.25) is 0 Å². The van der Waals surface area contributed by atoms with Crippen LogP contribution in [0.5, 0.6) is 0 Å². The second kappa shape index (κ2) is 9.08. The van der Waals surface area contributed by atoms with Crippen LogP contribution in [-0.4, -0.2) is 31.2 Å². The number of carboxylic acids is 1. The summed E-state index contributed by atoms with van der Waals surface area (Å²) in [5.74, 6) is -0.798. The van der Waals surface area contributed by atoms with Gasteiger partial charge in [0.25, 0.3) is 5.91 Å². The molecule has 4 N–H and O–H groups in total. The number of rotatable bonds is 8. The Morgan fingerprint density at radius 2 is 1.73 bits per heavy atom. The Hall–Kier alpha value is -2.01. The first kappa shape index (κ1) is 20.3. The Labute approximate surface area is 158 Å². The third kappa shape index (κ3) is 6.06. The lowest BCUT2D eigenvalue weighted by Crippen LogP contribution is -2.14. The van der Waals surface area contributed by atoms with Crippen molar-refractivity contribution in [1.29, 1.82) is 0 Å². The van der Waals surface area contributed by atoms with Gasteiger partial charge >= 0.3 is 5.97 Å². The molecule has 26 heavy (non-hydrogen) atoms. The van der Waals surface area contributed by atoms with Crippen molar-refractivity contribution in [3.63, 3.8) is 0 Å². The van der Waals surface area contributed by atoms with Crippen molar-refractivity contribution < 1.29 is 23.1 Å². The van der Waals surface area contributed by atoms with Gasteiger partial charge in [0.15, 0.2) is 0 Å². The first-order valence-corrected chi connectivity index (χ1v) is 11.2. The SMILES string of the molecule is NS(=O)(=O)c1ccc(NC(=O)c2ccccc2SSCCC(=O)O)cc1. The highest BCUT2D eigenvalue weighted by atomic mass is 33.1. The normalized spacial score (nSPS) is 11.1. The van der Waals surface area contributed by atoms with Crippen molar-refractivity contribution in [2.75, 3.05) is 11.1 Å². The molecule has 0 saturated carbocycles. The second-order valence-electron chi connectivity index (χ2n) is 5.07. The van der Waals surface area contributed by atoms with E-state index in [1.807, 2.05) is 0 Å². The maximum atomic E-state index is 12.5. The van der Waals surface area contributed by atoms with E-state index in [2.05, 4.69) is 5.32 Å². The Morgan fingerprint density at radius 3 is 2.35 bits per heavy atom. The van der Waals surface area contributed by atoms with Gasteiger partial charge in [-0.15, -0.1) is 0 Å². The molecule has 0 atom stereocenters. The minimum absolute atomic E-state index is 0.0405. The van der Waals surface area contributed by atoms with Crippen molar-refractivity contribution >= 4 is 49.2 Å². The van der Waals surface area contributed by atoms with Crippen LogP contribution in [-0.2, 0) is 14.8 Å². The molecular formula is C16H16N2O5S3. The lowest BCUT2D eigenvalue weighted by Gasteiger charge is -2.10. The van der Waals surface area contributed by atoms with E-state index in [4.69, 9.17) is 10.2 Å². The Kier molecular flexibility index (Phi) is 7.09. The zero-order chi connectivity index (χ0) is 19.2. The summed E-state index contributed by atoms with van der Waals surface area (Å²) >= 11 is 0. The van der Waals surface area contributed by atoms with Gasteiger partial charge in [-0.3, -0.25) is 9.59 Å². The fourth-order valence-electron chi connectivity index (χ4n) is 1.89. The van der Waals surface area contributed by atoms with Crippen molar-refractivity contribution in [2.45, 2.75) is 16.2 Å². The quantitative estimate of drug-likeness (QED) is 0.449. The van der Waals surface area contributed by atoms with E-state index in [0.29, 0.717) is 21.9 Å². The van der Waals surface area contributed by atoms with Crippen LogP contribution in [0.3, 0.4) is 0 Å². The Morgan fingerprint density at radius 1 is 1.08 bits per heavy atom. The summed E-state index contributed by atoms with van der Waals surface area (Å²) in [6, 6.07) is 12.5. The van der Waals surface area contributed by atoms with Crippen molar-refractivity contribution in [3.05, 3.63) is 54.1 Å². The molecule has 10 heteroatoms. The van der Waals surface area contributed by atoms with E-state index in [9.17, 15) is 18.0 Å². The molecule has 1 amide bonds. The first-order chi connectivity index (χ1) is 12.3. The molecule has 7 nitrogen and oxygen atoms in total. The molecule has 0 aliphatic carbocycles. The van der Waals surface area contributed by atoms with Gasteiger partial charge in [0.1, 0.15) is 0 Å². The number of primary sulfonamides is 1. The van der Waals surface area contributed by atoms with Crippen LogP contribution in [0.15, 0.2) is 58.3 Å². The minimum Gasteiger partial charge on any atom is -0.481 e. The van der Waals surface area contributed by atoms with E-state index >= 15 is 0 Å². The maximum absolute atomic E-state index is 12.5. The van der Waals surface area contributed by atoms with Gasteiger partial charge in [-0.05, 0) is 36.4 Å². The number of benzene rings is 2. The molecule has 2 aromatic carbocycles. The van der Waals surface area contributed by atoms with E-state index in [1.165, 1.54) is 45.9 Å². The number of sulfonamides is 1. The number of anilines is 1. The van der Waals surface area contributed by atoms with Gasteiger partial charge in [-0.1, -0.05) is 33.7 Å². The van der Waals surface area contributed by atoms with Gasteiger partial charge in [-0.2, -0.15) is 0 Å². The highest BCUT2D eigenvalue weighted by Crippen LogP contribution is 2.34. The largest absolute Gasteiger partial charge is 0.481 e. The van der Waals surface area contributed by atoms with E-state index in [-0.39, 0.29) is 17.2 Å². The molecule has 0 bridgehead atoms. The third-order valence-corrected chi connectivity index (χ3v) is 6.47. The highest BCUT2D eigenvalue weighted by Gasteiger charge is 2.13. The summed E-state index contributed by atoms with van der Waals surface area (Å²) in [5, 5.41) is 16.4. The summed E-state index contributed by atoms with van der Waals surface area (Å²) < 4.78 is 22.5. The molecule has 0 heterocycles. The highest BCUT2D eigenvalue weighted by molar-refractivity contribution is 8.76. The van der Waals surface area contributed by atoms with Crippen molar-refractivity contribution in [3.8, 4) is 0 Å². The summed E-state index contributed by atoms with van der Waals surface area (Å²) in [7, 11) is -1.10. The van der Waals surface area contributed by atoms with Crippen molar-refractivity contribution in [1.82, 2.24) is 0 Å². The third-order valence-electron chi connectivity index (χ3n) is 3.12. The predicted molar refractivity (Wildman–Crippen MR) is 103 cm³/mol. The Bertz CT molecular complexity index is 898. The fraction of sp³-hybridized carbons (Fsp3) is 0.125. The summed E-state index contributed by atoms with van der Waals surface area (Å²) in [6.07, 6.45) is 0.0441. The fourth-order valence-corrected chi connectivity index (χ4v) is 4.57. The molecule has 138 valence electrons. The molecule has 0 aromatic heterocycles. The molecule has 0 spiro atoms. The number of hydrogen-bond acceptors (Lipinski definition) is 6. The average molecular weight is 413 g/mol. The zero-order valence-electron chi connectivity index (χ0n) is 13.4. The molecule has 0 saturated heterocycles. The topological polar surface area (TPSA) is 127 Å². The van der Waals surface area contributed by atoms with Gasteiger partial charge in [0.05, 0.1) is 16.9 Å². The number of nitrogens with one attached hydrogen (secondary N) is 1. The maximum Gasteiger partial charge on any atom is 0.304 e.